The standard InChI is InChI=1S/C12H16N4O2/c1-7-6-9-10(8(2)18-7)15-16-11(9)12(17)14-5-3-4-13/h7-8H,3,5-6H2,1-2H3,(H,14,17)(H,15,16)/t7-,8+/m1/s1. The second kappa shape index (κ2) is 5.19. The van der Waals surface area contributed by atoms with Gasteiger partial charge in [-0.1, -0.05) is 0 Å². The van der Waals surface area contributed by atoms with E-state index in [0.29, 0.717) is 25.1 Å². The molecule has 0 spiro atoms. The van der Waals surface area contributed by atoms with E-state index in [1.54, 1.807) is 0 Å². The fourth-order valence-electron chi connectivity index (χ4n) is 2.18. The van der Waals surface area contributed by atoms with Crippen LogP contribution in [-0.4, -0.2) is 28.8 Å². The van der Waals surface area contributed by atoms with Crippen molar-refractivity contribution < 1.29 is 9.53 Å². The Hall–Kier alpha value is -1.87. The minimum Gasteiger partial charge on any atom is -0.369 e. The van der Waals surface area contributed by atoms with E-state index in [1.807, 2.05) is 19.9 Å². The van der Waals surface area contributed by atoms with E-state index >= 15 is 0 Å². The van der Waals surface area contributed by atoms with Crippen molar-refractivity contribution in [3.05, 3.63) is 17.0 Å². The lowest BCUT2D eigenvalue weighted by atomic mass is 9.99. The Balaban J connectivity index is 2.15. The van der Waals surface area contributed by atoms with Crippen LogP contribution < -0.4 is 5.32 Å². The van der Waals surface area contributed by atoms with Crippen molar-refractivity contribution in [1.29, 1.82) is 5.26 Å². The zero-order valence-corrected chi connectivity index (χ0v) is 10.5. The quantitative estimate of drug-likeness (QED) is 0.783. The summed E-state index contributed by atoms with van der Waals surface area (Å²) in [5.74, 6) is -0.232. The van der Waals surface area contributed by atoms with Crippen molar-refractivity contribution in [2.45, 2.75) is 38.9 Å². The lowest BCUT2D eigenvalue weighted by Gasteiger charge is -2.25. The molecule has 2 atom stereocenters. The highest BCUT2D eigenvalue weighted by Crippen LogP contribution is 2.29. The smallest absolute Gasteiger partial charge is 0.272 e. The van der Waals surface area contributed by atoms with Crippen LogP contribution in [0.25, 0.3) is 0 Å². The number of aromatic amines is 1. The van der Waals surface area contributed by atoms with Crippen LogP contribution >= 0.6 is 0 Å². The number of ether oxygens (including phenoxy) is 1. The minimum atomic E-state index is -0.232. The van der Waals surface area contributed by atoms with Gasteiger partial charge in [0.15, 0.2) is 5.69 Å². The predicted octanol–water partition coefficient (Wildman–Crippen LogP) is 1.08. The Kier molecular flexibility index (Phi) is 3.63. The van der Waals surface area contributed by atoms with Crippen LogP contribution in [0.15, 0.2) is 0 Å². The predicted molar refractivity (Wildman–Crippen MR) is 63.8 cm³/mol. The lowest BCUT2D eigenvalue weighted by Crippen LogP contribution is -2.28. The number of amides is 1. The number of nitriles is 1. The van der Waals surface area contributed by atoms with Gasteiger partial charge in [0.25, 0.3) is 5.91 Å². The van der Waals surface area contributed by atoms with Crippen molar-refractivity contribution in [2.75, 3.05) is 6.54 Å². The monoisotopic (exact) mass is 248 g/mol. The van der Waals surface area contributed by atoms with Crippen LogP contribution in [0.3, 0.4) is 0 Å². The highest BCUT2D eigenvalue weighted by molar-refractivity contribution is 5.94. The summed E-state index contributed by atoms with van der Waals surface area (Å²) in [4.78, 5) is 11.9. The summed E-state index contributed by atoms with van der Waals surface area (Å²) in [6.07, 6.45) is 0.985. The molecule has 0 unspecified atom stereocenters. The van der Waals surface area contributed by atoms with E-state index in [-0.39, 0.29) is 18.1 Å². The maximum Gasteiger partial charge on any atom is 0.272 e. The second-order valence-electron chi connectivity index (χ2n) is 4.42. The molecule has 6 nitrogen and oxygen atoms in total. The van der Waals surface area contributed by atoms with Crippen molar-refractivity contribution in [2.24, 2.45) is 0 Å². The first-order valence-corrected chi connectivity index (χ1v) is 6.01. The molecule has 0 saturated carbocycles. The topological polar surface area (TPSA) is 90.8 Å². The van der Waals surface area contributed by atoms with E-state index in [2.05, 4.69) is 15.5 Å². The van der Waals surface area contributed by atoms with Crippen LogP contribution in [0.5, 0.6) is 0 Å². The van der Waals surface area contributed by atoms with Gasteiger partial charge in [0.05, 0.1) is 30.4 Å². The molecule has 6 heteroatoms. The average molecular weight is 248 g/mol. The van der Waals surface area contributed by atoms with Gasteiger partial charge in [-0.2, -0.15) is 10.4 Å². The van der Waals surface area contributed by atoms with Gasteiger partial charge in [-0.3, -0.25) is 9.89 Å². The first kappa shape index (κ1) is 12.6. The molecule has 0 radical (unpaired) electrons. The normalized spacial score (nSPS) is 22.1. The van der Waals surface area contributed by atoms with E-state index in [9.17, 15) is 4.79 Å². The van der Waals surface area contributed by atoms with Gasteiger partial charge in [-0.05, 0) is 13.8 Å². The summed E-state index contributed by atoms with van der Waals surface area (Å²) in [6, 6.07) is 1.98. The highest BCUT2D eigenvalue weighted by Gasteiger charge is 2.29. The summed E-state index contributed by atoms with van der Waals surface area (Å²) in [5, 5.41) is 18.0. The third-order valence-electron chi connectivity index (χ3n) is 2.97. The molecular weight excluding hydrogens is 232 g/mol. The first-order valence-electron chi connectivity index (χ1n) is 6.01. The minimum absolute atomic E-state index is 0.0723. The molecule has 2 N–H and O–H groups in total. The Morgan fingerprint density at radius 3 is 3.17 bits per heavy atom. The maximum atomic E-state index is 11.9. The van der Waals surface area contributed by atoms with Crippen LogP contribution in [0.4, 0.5) is 0 Å². The number of carbonyl (C=O) groups is 1. The number of nitrogens with zero attached hydrogens (tertiary/aromatic N) is 2. The molecule has 1 aliphatic heterocycles. The molecule has 0 aliphatic carbocycles. The molecule has 1 aromatic heterocycles. The van der Waals surface area contributed by atoms with Crippen molar-refractivity contribution in [3.63, 3.8) is 0 Å². The largest absolute Gasteiger partial charge is 0.369 e. The number of nitrogens with one attached hydrogen (secondary N) is 2. The van der Waals surface area contributed by atoms with Crippen molar-refractivity contribution in [3.8, 4) is 6.07 Å². The number of hydrogen-bond acceptors (Lipinski definition) is 4. The number of H-pyrrole nitrogens is 1. The van der Waals surface area contributed by atoms with Gasteiger partial charge < -0.3 is 10.1 Å². The summed E-state index contributed by atoms with van der Waals surface area (Å²) in [5.41, 5.74) is 2.22. The molecule has 18 heavy (non-hydrogen) atoms. The SMILES string of the molecule is C[C@@H]1Cc2c(C(=O)NCCC#N)n[nH]c2[C@H](C)O1. The molecule has 1 aliphatic rings. The molecule has 0 aromatic carbocycles. The summed E-state index contributed by atoms with van der Waals surface area (Å²) in [7, 11) is 0. The van der Waals surface area contributed by atoms with Crippen LogP contribution in [0.2, 0.25) is 0 Å². The fourth-order valence-corrected chi connectivity index (χ4v) is 2.18. The van der Waals surface area contributed by atoms with E-state index in [1.165, 1.54) is 0 Å². The Morgan fingerprint density at radius 1 is 1.67 bits per heavy atom. The number of aromatic nitrogens is 2. The molecule has 1 amide bonds. The van der Waals surface area contributed by atoms with Gasteiger partial charge in [-0.25, -0.2) is 0 Å². The van der Waals surface area contributed by atoms with Gasteiger partial charge in [0.1, 0.15) is 0 Å². The van der Waals surface area contributed by atoms with E-state index in [0.717, 1.165) is 11.3 Å². The molecule has 0 saturated heterocycles. The zero-order valence-electron chi connectivity index (χ0n) is 10.5. The van der Waals surface area contributed by atoms with Gasteiger partial charge in [0, 0.05) is 18.5 Å². The highest BCUT2D eigenvalue weighted by atomic mass is 16.5. The number of hydrogen-bond donors (Lipinski definition) is 2. The van der Waals surface area contributed by atoms with E-state index in [4.69, 9.17) is 10.00 Å². The summed E-state index contributed by atoms with van der Waals surface area (Å²) >= 11 is 0. The van der Waals surface area contributed by atoms with Crippen LogP contribution in [-0.2, 0) is 11.2 Å². The first-order chi connectivity index (χ1) is 8.63. The van der Waals surface area contributed by atoms with Gasteiger partial charge >= 0.3 is 0 Å². The molecule has 0 bridgehead atoms. The Labute approximate surface area is 105 Å². The number of rotatable bonds is 3. The molecule has 1 aromatic rings. The third-order valence-corrected chi connectivity index (χ3v) is 2.97. The fraction of sp³-hybridized carbons (Fsp3) is 0.583. The maximum absolute atomic E-state index is 11.9. The lowest BCUT2D eigenvalue weighted by molar-refractivity contribution is -0.00697. The molecule has 0 fully saturated rings. The zero-order chi connectivity index (χ0) is 13.1. The van der Waals surface area contributed by atoms with Crippen LogP contribution in [0.1, 0.15) is 48.1 Å². The van der Waals surface area contributed by atoms with Crippen LogP contribution in [0, 0.1) is 11.3 Å². The Bertz CT molecular complexity index is 489. The molecular formula is C12H16N4O2. The Morgan fingerprint density at radius 2 is 2.44 bits per heavy atom. The number of carbonyl (C=O) groups excluding carboxylic acids is 1. The van der Waals surface area contributed by atoms with E-state index < -0.39 is 0 Å². The molecule has 2 heterocycles. The summed E-state index contributed by atoms with van der Waals surface area (Å²) < 4.78 is 5.66. The van der Waals surface area contributed by atoms with Gasteiger partial charge in [-0.15, -0.1) is 0 Å². The molecule has 96 valence electrons. The average Bonchev–Trinajstić information content (AvgIpc) is 2.73. The van der Waals surface area contributed by atoms with Gasteiger partial charge in [0.2, 0.25) is 0 Å². The molecule has 2 rings (SSSR count). The number of fused-ring (bicyclic) bond motifs is 1. The van der Waals surface area contributed by atoms with Crippen molar-refractivity contribution >= 4 is 5.91 Å². The van der Waals surface area contributed by atoms with Crippen molar-refractivity contribution in [1.82, 2.24) is 15.5 Å². The third kappa shape index (κ3) is 2.36. The second-order valence-corrected chi connectivity index (χ2v) is 4.42. The summed E-state index contributed by atoms with van der Waals surface area (Å²) in [6.45, 7) is 4.26.